The number of nitrogens with zero attached hydrogens (tertiary/aromatic N) is 2. The average Bonchev–Trinajstić information content (AvgIpc) is 2.98. The summed E-state index contributed by atoms with van der Waals surface area (Å²) in [5, 5.41) is 1.35. The second-order valence-electron chi connectivity index (χ2n) is 5.78. The molecule has 0 radical (unpaired) electrons. The van der Waals surface area contributed by atoms with Crippen molar-refractivity contribution in [2.45, 2.75) is 4.90 Å². The molecule has 0 saturated heterocycles. The topological polar surface area (TPSA) is 91.3 Å². The van der Waals surface area contributed by atoms with Crippen molar-refractivity contribution in [1.82, 2.24) is 8.71 Å². The summed E-state index contributed by atoms with van der Waals surface area (Å²) in [6.45, 7) is 0. The van der Waals surface area contributed by atoms with E-state index in [9.17, 15) is 18.0 Å². The molecule has 142 valence electrons. The van der Waals surface area contributed by atoms with Crippen molar-refractivity contribution in [2.75, 3.05) is 0 Å². The summed E-state index contributed by atoms with van der Waals surface area (Å²) >= 11 is 11.8. The van der Waals surface area contributed by atoms with E-state index < -0.39 is 21.5 Å². The second-order valence-corrected chi connectivity index (χ2v) is 8.32. The van der Waals surface area contributed by atoms with Crippen LogP contribution in [0.3, 0.4) is 0 Å². The molecule has 7 nitrogen and oxygen atoms in total. The van der Waals surface area contributed by atoms with Crippen LogP contribution in [0.25, 0.3) is 16.5 Å². The van der Waals surface area contributed by atoms with Crippen molar-refractivity contribution in [3.05, 3.63) is 91.7 Å². The summed E-state index contributed by atoms with van der Waals surface area (Å²) in [4.78, 5) is 24.8. The summed E-state index contributed by atoms with van der Waals surface area (Å²) in [5.74, 6) is -1.17. The van der Waals surface area contributed by atoms with Crippen LogP contribution >= 0.6 is 23.2 Å². The Morgan fingerprint density at radius 2 is 1.57 bits per heavy atom. The standard InChI is InChI=1S/C18H10Cl2N2O5S/c19-14-9-8-12(10-15(14)20)21-17(23)22(27-18(21)24)28(25,26)16-7-3-5-11-4-1-2-6-13(11)16/h1-10H. The van der Waals surface area contributed by atoms with Gasteiger partial charge in [0.15, 0.2) is 0 Å². The first-order chi connectivity index (χ1) is 13.3. The predicted octanol–water partition coefficient (Wildman–Crippen LogP) is 3.29. The molecule has 4 rings (SSSR count). The van der Waals surface area contributed by atoms with Gasteiger partial charge in [0.05, 0.1) is 20.6 Å². The van der Waals surface area contributed by atoms with Gasteiger partial charge in [-0.05, 0) is 33.8 Å². The zero-order chi connectivity index (χ0) is 20.1. The fourth-order valence-electron chi connectivity index (χ4n) is 2.81. The molecule has 0 bridgehead atoms. The highest BCUT2D eigenvalue weighted by molar-refractivity contribution is 7.90. The average molecular weight is 437 g/mol. The van der Waals surface area contributed by atoms with Gasteiger partial charge in [0.1, 0.15) is 0 Å². The maximum Gasteiger partial charge on any atom is 0.448 e. The van der Waals surface area contributed by atoms with Gasteiger partial charge in [-0.2, -0.15) is 13.0 Å². The van der Waals surface area contributed by atoms with E-state index in [4.69, 9.17) is 27.7 Å². The van der Waals surface area contributed by atoms with E-state index in [0.717, 1.165) is 0 Å². The molecule has 3 aromatic carbocycles. The van der Waals surface area contributed by atoms with E-state index in [1.165, 1.54) is 30.3 Å². The summed E-state index contributed by atoms with van der Waals surface area (Å²) in [5.41, 5.74) is -1.16. The van der Waals surface area contributed by atoms with Crippen LogP contribution in [0.15, 0.2) is 79.7 Å². The first kappa shape index (κ1) is 18.5. The Morgan fingerprint density at radius 3 is 2.32 bits per heavy atom. The molecular formula is C18H10Cl2N2O5S. The maximum absolute atomic E-state index is 13.1. The normalized spacial score (nSPS) is 11.8. The molecule has 0 N–H and O–H groups in total. The van der Waals surface area contributed by atoms with E-state index in [1.54, 1.807) is 30.3 Å². The molecule has 0 aliphatic rings. The number of aromatic nitrogens is 2. The smallest absolute Gasteiger partial charge is 0.300 e. The first-order valence-corrected chi connectivity index (χ1v) is 10.0. The number of rotatable bonds is 3. The Hall–Kier alpha value is -2.81. The van der Waals surface area contributed by atoms with Crippen molar-refractivity contribution in [3.8, 4) is 5.69 Å². The first-order valence-electron chi connectivity index (χ1n) is 7.85. The molecule has 0 atom stereocenters. The molecule has 1 heterocycles. The van der Waals surface area contributed by atoms with Gasteiger partial charge < -0.3 is 4.52 Å². The van der Waals surface area contributed by atoms with Gasteiger partial charge in [0, 0.05) is 5.39 Å². The van der Waals surface area contributed by atoms with Crippen LogP contribution in [0.4, 0.5) is 0 Å². The quantitative estimate of drug-likeness (QED) is 0.491. The van der Waals surface area contributed by atoms with Crippen LogP contribution in [0.2, 0.25) is 10.0 Å². The van der Waals surface area contributed by atoms with Crippen LogP contribution in [-0.4, -0.2) is 17.1 Å². The lowest BCUT2D eigenvalue weighted by Crippen LogP contribution is -2.30. The Labute approximate surface area is 168 Å². The molecule has 0 aliphatic heterocycles. The van der Waals surface area contributed by atoms with Gasteiger partial charge in [0.25, 0.3) is 10.0 Å². The highest BCUT2D eigenvalue weighted by atomic mass is 35.5. The molecule has 0 fully saturated rings. The largest absolute Gasteiger partial charge is 0.448 e. The monoisotopic (exact) mass is 436 g/mol. The summed E-state index contributed by atoms with van der Waals surface area (Å²) < 4.78 is 31.5. The number of fused-ring (bicyclic) bond motifs is 1. The molecule has 0 saturated carbocycles. The van der Waals surface area contributed by atoms with E-state index in [-0.39, 0.29) is 24.8 Å². The van der Waals surface area contributed by atoms with Crippen molar-refractivity contribution >= 4 is 44.0 Å². The van der Waals surface area contributed by atoms with E-state index >= 15 is 0 Å². The van der Waals surface area contributed by atoms with Gasteiger partial charge >= 0.3 is 11.4 Å². The van der Waals surface area contributed by atoms with E-state index in [0.29, 0.717) is 15.3 Å². The lowest BCUT2D eigenvalue weighted by molar-refractivity contribution is 0.333. The van der Waals surface area contributed by atoms with Gasteiger partial charge in [-0.15, -0.1) is 0 Å². The molecule has 4 aromatic rings. The van der Waals surface area contributed by atoms with E-state index in [1.807, 2.05) is 0 Å². The molecule has 0 aliphatic carbocycles. The number of hydrogen-bond donors (Lipinski definition) is 0. The lowest BCUT2D eigenvalue weighted by Gasteiger charge is -2.06. The highest BCUT2D eigenvalue weighted by Gasteiger charge is 2.27. The minimum atomic E-state index is -4.47. The number of hydrogen-bond acceptors (Lipinski definition) is 5. The predicted molar refractivity (Wildman–Crippen MR) is 105 cm³/mol. The summed E-state index contributed by atoms with van der Waals surface area (Å²) in [7, 11) is -4.47. The highest BCUT2D eigenvalue weighted by Crippen LogP contribution is 2.25. The molecule has 0 amide bonds. The van der Waals surface area contributed by atoms with Crippen LogP contribution in [0.1, 0.15) is 0 Å². The third-order valence-electron chi connectivity index (χ3n) is 4.10. The number of halogens is 2. The van der Waals surface area contributed by atoms with Gasteiger partial charge in [-0.25, -0.2) is 9.59 Å². The molecular weight excluding hydrogens is 427 g/mol. The third-order valence-corrected chi connectivity index (χ3v) is 6.42. The zero-order valence-electron chi connectivity index (χ0n) is 13.9. The molecule has 28 heavy (non-hydrogen) atoms. The Kier molecular flexibility index (Phi) is 4.41. The fourth-order valence-corrected chi connectivity index (χ4v) is 4.45. The van der Waals surface area contributed by atoms with Crippen molar-refractivity contribution < 1.29 is 12.9 Å². The van der Waals surface area contributed by atoms with Crippen molar-refractivity contribution in [1.29, 1.82) is 0 Å². The SMILES string of the molecule is O=c1on(S(=O)(=O)c2cccc3ccccc23)c(=O)n1-c1ccc(Cl)c(Cl)c1. The zero-order valence-corrected chi connectivity index (χ0v) is 16.2. The Morgan fingerprint density at radius 1 is 0.857 bits per heavy atom. The van der Waals surface area contributed by atoms with Crippen LogP contribution in [-0.2, 0) is 10.0 Å². The van der Waals surface area contributed by atoms with E-state index in [2.05, 4.69) is 0 Å². The Balaban J connectivity index is 1.96. The van der Waals surface area contributed by atoms with Crippen molar-refractivity contribution in [3.63, 3.8) is 0 Å². The Bertz CT molecular complexity index is 1450. The third kappa shape index (κ3) is 2.86. The minimum Gasteiger partial charge on any atom is -0.300 e. The molecule has 0 spiro atoms. The molecule has 1 aromatic heterocycles. The van der Waals surface area contributed by atoms with Gasteiger partial charge in [-0.1, -0.05) is 59.6 Å². The second kappa shape index (κ2) is 6.66. The van der Waals surface area contributed by atoms with Crippen LogP contribution < -0.4 is 11.4 Å². The summed E-state index contributed by atoms with van der Waals surface area (Å²) in [6.07, 6.45) is 0. The van der Waals surface area contributed by atoms with Gasteiger partial charge in [-0.3, -0.25) is 0 Å². The minimum absolute atomic E-state index is 0.0278. The lowest BCUT2D eigenvalue weighted by atomic mass is 10.1. The maximum atomic E-state index is 13.1. The summed E-state index contributed by atoms with van der Waals surface area (Å²) in [6, 6.07) is 15.3. The fraction of sp³-hybridized carbons (Fsp3) is 0. The van der Waals surface area contributed by atoms with Crippen LogP contribution in [0.5, 0.6) is 0 Å². The molecule has 10 heteroatoms. The number of benzene rings is 3. The van der Waals surface area contributed by atoms with Crippen molar-refractivity contribution in [2.24, 2.45) is 0 Å². The van der Waals surface area contributed by atoms with Crippen LogP contribution in [0, 0.1) is 0 Å². The van der Waals surface area contributed by atoms with Gasteiger partial charge in [0.2, 0.25) is 0 Å². The molecule has 0 unspecified atom stereocenters.